The lowest BCUT2D eigenvalue weighted by molar-refractivity contribution is -0.120. The molecule has 4 rings (SSSR count). The lowest BCUT2D eigenvalue weighted by Gasteiger charge is -2.18. The summed E-state index contributed by atoms with van der Waals surface area (Å²) in [6, 6.07) is 18.0. The highest BCUT2D eigenvalue weighted by molar-refractivity contribution is 7.10. The lowest BCUT2D eigenvalue weighted by atomic mass is 10.0. The van der Waals surface area contributed by atoms with Crippen LogP contribution in [0.5, 0.6) is 5.75 Å². The number of rotatable bonds is 7. The molecule has 0 spiro atoms. The SMILES string of the molecule is CCc1ccc([C@@H](NC(=O)Cc2coc3cc(OC)ccc23)c2cccs2)cc1. The van der Waals surface area contributed by atoms with Crippen molar-refractivity contribution in [2.45, 2.75) is 25.8 Å². The van der Waals surface area contributed by atoms with Crippen LogP contribution in [0.25, 0.3) is 11.0 Å². The molecular weight excluding hydrogens is 382 g/mol. The van der Waals surface area contributed by atoms with Gasteiger partial charge in [-0.3, -0.25) is 4.79 Å². The first-order chi connectivity index (χ1) is 14.2. The first-order valence-electron chi connectivity index (χ1n) is 9.63. The number of benzene rings is 2. The summed E-state index contributed by atoms with van der Waals surface area (Å²) in [5, 5.41) is 6.17. The van der Waals surface area contributed by atoms with E-state index in [1.54, 1.807) is 24.7 Å². The Hall–Kier alpha value is -3.05. The average Bonchev–Trinajstić information content (AvgIpc) is 3.42. The highest BCUT2D eigenvalue weighted by Gasteiger charge is 2.19. The largest absolute Gasteiger partial charge is 0.497 e. The van der Waals surface area contributed by atoms with E-state index in [0.717, 1.165) is 39.1 Å². The third-order valence-corrected chi connectivity index (χ3v) is 6.01. The van der Waals surface area contributed by atoms with Gasteiger partial charge in [-0.15, -0.1) is 11.3 Å². The van der Waals surface area contributed by atoms with Crippen LogP contribution in [0.3, 0.4) is 0 Å². The lowest BCUT2D eigenvalue weighted by Crippen LogP contribution is -2.30. The zero-order chi connectivity index (χ0) is 20.2. The predicted molar refractivity (Wildman–Crippen MR) is 117 cm³/mol. The number of carbonyl (C=O) groups is 1. The van der Waals surface area contributed by atoms with Gasteiger partial charge in [-0.25, -0.2) is 0 Å². The molecule has 0 aliphatic heterocycles. The Morgan fingerprint density at radius 1 is 1.17 bits per heavy atom. The quantitative estimate of drug-likeness (QED) is 0.441. The summed E-state index contributed by atoms with van der Waals surface area (Å²) in [5.74, 6) is 0.692. The summed E-state index contributed by atoms with van der Waals surface area (Å²) in [6.45, 7) is 2.14. The van der Waals surface area contributed by atoms with Crippen molar-refractivity contribution in [3.05, 3.63) is 87.8 Å². The minimum absolute atomic E-state index is 0.0403. The Kier molecular flexibility index (Phi) is 5.67. The van der Waals surface area contributed by atoms with E-state index < -0.39 is 0 Å². The van der Waals surface area contributed by atoms with Gasteiger partial charge in [-0.2, -0.15) is 0 Å². The van der Waals surface area contributed by atoms with Crippen molar-refractivity contribution >= 4 is 28.2 Å². The van der Waals surface area contributed by atoms with Crippen LogP contribution in [0.1, 0.15) is 34.5 Å². The number of nitrogens with one attached hydrogen (secondary N) is 1. The van der Waals surface area contributed by atoms with Gasteiger partial charge in [-0.1, -0.05) is 37.3 Å². The molecule has 0 radical (unpaired) electrons. The molecule has 2 aromatic heterocycles. The Morgan fingerprint density at radius 3 is 2.69 bits per heavy atom. The molecule has 4 aromatic rings. The zero-order valence-corrected chi connectivity index (χ0v) is 17.3. The normalized spacial score (nSPS) is 12.1. The van der Waals surface area contributed by atoms with Gasteiger partial charge in [0.05, 0.1) is 25.8 Å². The first kappa shape index (κ1) is 19.3. The molecule has 2 heterocycles. The van der Waals surface area contributed by atoms with E-state index in [2.05, 4.69) is 42.6 Å². The number of ether oxygens (including phenoxy) is 1. The summed E-state index contributed by atoms with van der Waals surface area (Å²) in [4.78, 5) is 14.0. The van der Waals surface area contributed by atoms with Gasteiger partial charge in [0.2, 0.25) is 5.91 Å². The molecule has 0 fully saturated rings. The number of hydrogen-bond donors (Lipinski definition) is 1. The van der Waals surface area contributed by atoms with Crippen LogP contribution in [-0.4, -0.2) is 13.0 Å². The Balaban J connectivity index is 1.55. The molecule has 0 saturated heterocycles. The number of thiophene rings is 1. The minimum atomic E-state index is -0.160. The van der Waals surface area contributed by atoms with Gasteiger partial charge in [0, 0.05) is 21.9 Å². The highest BCUT2D eigenvalue weighted by atomic mass is 32.1. The van der Waals surface area contributed by atoms with Gasteiger partial charge in [-0.05, 0) is 41.1 Å². The van der Waals surface area contributed by atoms with E-state index in [1.165, 1.54) is 5.56 Å². The van der Waals surface area contributed by atoms with E-state index >= 15 is 0 Å². The number of aryl methyl sites for hydroxylation is 1. The van der Waals surface area contributed by atoms with Crippen LogP contribution < -0.4 is 10.1 Å². The highest BCUT2D eigenvalue weighted by Crippen LogP contribution is 2.28. The van der Waals surface area contributed by atoms with Gasteiger partial charge in [0.1, 0.15) is 11.3 Å². The molecule has 4 nitrogen and oxygen atoms in total. The second kappa shape index (κ2) is 8.53. The Morgan fingerprint density at radius 2 is 2.00 bits per heavy atom. The molecule has 2 aromatic carbocycles. The van der Waals surface area contributed by atoms with Crippen molar-refractivity contribution < 1.29 is 13.9 Å². The molecule has 0 bridgehead atoms. The van der Waals surface area contributed by atoms with E-state index in [9.17, 15) is 4.79 Å². The number of carbonyl (C=O) groups excluding carboxylic acids is 1. The third kappa shape index (κ3) is 4.20. The molecule has 148 valence electrons. The molecule has 1 amide bonds. The van der Waals surface area contributed by atoms with Gasteiger partial charge < -0.3 is 14.5 Å². The number of hydrogen-bond acceptors (Lipinski definition) is 4. The van der Waals surface area contributed by atoms with Crippen molar-refractivity contribution in [1.82, 2.24) is 5.32 Å². The van der Waals surface area contributed by atoms with Crippen molar-refractivity contribution in [1.29, 1.82) is 0 Å². The van der Waals surface area contributed by atoms with Crippen molar-refractivity contribution in [2.24, 2.45) is 0 Å². The van der Waals surface area contributed by atoms with Crippen LogP contribution in [-0.2, 0) is 17.6 Å². The molecule has 29 heavy (non-hydrogen) atoms. The Bertz CT molecular complexity index is 1100. The molecule has 1 atom stereocenters. The van der Waals surface area contributed by atoms with Gasteiger partial charge >= 0.3 is 0 Å². The second-order valence-corrected chi connectivity index (χ2v) is 7.89. The zero-order valence-electron chi connectivity index (χ0n) is 16.5. The fourth-order valence-corrected chi connectivity index (χ4v) is 4.23. The maximum absolute atomic E-state index is 12.9. The van der Waals surface area contributed by atoms with Gasteiger partial charge in [0.15, 0.2) is 0 Å². The van der Waals surface area contributed by atoms with Crippen molar-refractivity contribution in [2.75, 3.05) is 7.11 Å². The molecule has 5 heteroatoms. The molecule has 0 aliphatic rings. The van der Waals surface area contributed by atoms with E-state index in [1.807, 2.05) is 29.6 Å². The maximum Gasteiger partial charge on any atom is 0.225 e. The third-order valence-electron chi connectivity index (χ3n) is 5.07. The molecule has 0 aliphatic carbocycles. The predicted octanol–water partition coefficient (Wildman–Crippen LogP) is 5.51. The summed E-state index contributed by atoms with van der Waals surface area (Å²) < 4.78 is 10.9. The van der Waals surface area contributed by atoms with Crippen LogP contribution in [0, 0.1) is 0 Å². The maximum atomic E-state index is 12.9. The number of furan rings is 1. The Labute approximate surface area is 174 Å². The first-order valence-corrected chi connectivity index (χ1v) is 10.5. The van der Waals surface area contributed by atoms with Crippen LogP contribution >= 0.6 is 11.3 Å². The number of methoxy groups -OCH3 is 1. The minimum Gasteiger partial charge on any atom is -0.497 e. The fraction of sp³-hybridized carbons (Fsp3) is 0.208. The van der Waals surface area contributed by atoms with E-state index in [0.29, 0.717) is 0 Å². The topological polar surface area (TPSA) is 51.5 Å². The summed E-state index contributed by atoms with van der Waals surface area (Å²) in [5.41, 5.74) is 3.95. The summed E-state index contributed by atoms with van der Waals surface area (Å²) in [6.07, 6.45) is 2.91. The van der Waals surface area contributed by atoms with Crippen molar-refractivity contribution in [3.63, 3.8) is 0 Å². The number of fused-ring (bicyclic) bond motifs is 1. The molecular formula is C24H23NO3S. The molecule has 0 unspecified atom stereocenters. The molecule has 0 saturated carbocycles. The second-order valence-electron chi connectivity index (χ2n) is 6.91. The van der Waals surface area contributed by atoms with Crippen LogP contribution in [0.15, 0.2) is 70.7 Å². The standard InChI is InChI=1S/C24H23NO3S/c1-3-16-6-8-17(9-7-16)24(22-5-4-12-29-22)25-23(26)13-18-15-28-21-14-19(27-2)10-11-20(18)21/h4-12,14-15,24H,3,13H2,1-2H3,(H,25,26)/t24-/m1/s1. The summed E-state index contributed by atoms with van der Waals surface area (Å²) in [7, 11) is 1.62. The fourth-order valence-electron chi connectivity index (χ4n) is 3.43. The van der Waals surface area contributed by atoms with Gasteiger partial charge in [0.25, 0.3) is 0 Å². The van der Waals surface area contributed by atoms with E-state index in [-0.39, 0.29) is 18.4 Å². The smallest absolute Gasteiger partial charge is 0.225 e. The van der Waals surface area contributed by atoms with Crippen molar-refractivity contribution in [3.8, 4) is 5.75 Å². The monoisotopic (exact) mass is 405 g/mol. The van der Waals surface area contributed by atoms with E-state index in [4.69, 9.17) is 9.15 Å². The van der Waals surface area contributed by atoms with Crippen LogP contribution in [0.2, 0.25) is 0 Å². The summed E-state index contributed by atoms with van der Waals surface area (Å²) >= 11 is 1.65. The molecule has 1 N–H and O–H groups in total. The number of amides is 1. The van der Waals surface area contributed by atoms with Crippen LogP contribution in [0.4, 0.5) is 0 Å². The average molecular weight is 406 g/mol.